The van der Waals surface area contributed by atoms with Crippen LogP contribution in [-0.4, -0.2) is 86.5 Å². The van der Waals surface area contributed by atoms with Crippen LogP contribution in [0.3, 0.4) is 0 Å². The Labute approximate surface area is 256 Å². The van der Waals surface area contributed by atoms with Crippen molar-refractivity contribution in [2.75, 3.05) is 12.3 Å². The maximum Gasteiger partial charge on any atom is 0.167 e. The van der Waals surface area contributed by atoms with Crippen LogP contribution in [0.25, 0.3) is 22.2 Å². The minimum atomic E-state index is -1.12. The summed E-state index contributed by atoms with van der Waals surface area (Å²) in [6.45, 7) is 11.5. The van der Waals surface area contributed by atoms with Gasteiger partial charge in [-0.25, -0.2) is 19.9 Å². The monoisotopic (exact) mass is 616 g/mol. The third kappa shape index (κ3) is 6.56. The van der Waals surface area contributed by atoms with Crippen molar-refractivity contribution in [2.45, 2.75) is 95.8 Å². The first-order valence-electron chi connectivity index (χ1n) is 14.6. The highest BCUT2D eigenvalue weighted by molar-refractivity contribution is 5.81. The van der Waals surface area contributed by atoms with Crippen molar-refractivity contribution in [3.05, 3.63) is 42.2 Å². The van der Waals surface area contributed by atoms with E-state index in [-0.39, 0.29) is 33.2 Å². The summed E-state index contributed by atoms with van der Waals surface area (Å²) in [6, 6.07) is 6.53. The van der Waals surface area contributed by atoms with Crippen LogP contribution in [0.5, 0.6) is 0 Å². The summed E-state index contributed by atoms with van der Waals surface area (Å²) in [7, 11) is 0. The maximum atomic E-state index is 10.8. The number of nitrogens with zero attached hydrogens (tertiary/aromatic N) is 5. The molecule has 1 aliphatic heterocycles. The molecule has 244 valence electrons. The summed E-state index contributed by atoms with van der Waals surface area (Å²) in [5, 5.41) is 25.2. The van der Waals surface area contributed by atoms with E-state index in [0.29, 0.717) is 29.5 Å². The number of aliphatic hydroxyl groups is 2. The maximum absolute atomic E-state index is 10.8. The van der Waals surface area contributed by atoms with Gasteiger partial charge in [-0.05, 0) is 68.1 Å². The first-order chi connectivity index (χ1) is 19.4. The number of rotatable bonds is 8. The van der Waals surface area contributed by atoms with E-state index in [4.69, 9.17) is 15.5 Å². The van der Waals surface area contributed by atoms with Crippen LogP contribution in [0.2, 0.25) is 0 Å². The molecule has 4 aromatic rings. The number of hydrogen-bond acceptors (Lipinski definition) is 9. The summed E-state index contributed by atoms with van der Waals surface area (Å²) in [5.74, 6) is 2.51. The Morgan fingerprint density at radius 1 is 1.05 bits per heavy atom. The Kier molecular flexibility index (Phi) is 10.4. The summed E-state index contributed by atoms with van der Waals surface area (Å²) >= 11 is 0. The molecule has 14 heteroatoms. The number of ether oxygens (including phenoxy) is 1. The van der Waals surface area contributed by atoms with Crippen LogP contribution in [-0.2, 0) is 16.6 Å². The molecule has 4 heterocycles. The van der Waals surface area contributed by atoms with Crippen LogP contribution in [0.15, 0.2) is 30.9 Å². The fraction of sp³-hybridized carbons (Fsp3) is 0.600. The number of nitrogens with one attached hydrogen (secondary N) is 2. The van der Waals surface area contributed by atoms with Crippen molar-refractivity contribution in [3.8, 4) is 0 Å². The molecular weight excluding hydrogens is 568 g/mol. The molecule has 4 atom stereocenters. The highest BCUT2D eigenvalue weighted by Gasteiger charge is 2.46. The predicted molar refractivity (Wildman–Crippen MR) is 168 cm³/mol. The highest BCUT2D eigenvalue weighted by Crippen LogP contribution is 2.43. The molecule has 1 aliphatic carbocycles. The Hall–Kier alpha value is -3.24. The van der Waals surface area contributed by atoms with Crippen LogP contribution in [0.4, 0.5) is 5.82 Å². The van der Waals surface area contributed by atoms with E-state index in [0.717, 1.165) is 42.5 Å². The van der Waals surface area contributed by atoms with Gasteiger partial charge in [0.1, 0.15) is 36.0 Å². The van der Waals surface area contributed by atoms with E-state index in [1.54, 1.807) is 4.57 Å². The van der Waals surface area contributed by atoms with Gasteiger partial charge in [0, 0.05) is 18.5 Å². The van der Waals surface area contributed by atoms with Gasteiger partial charge >= 0.3 is 0 Å². The summed E-state index contributed by atoms with van der Waals surface area (Å²) in [5.41, 5.74) is 10.2. The SMILES string of the molecule is CC(C)(C)c1ccc2nc(CCC3CC(C(C)(C)NC[C@H]4O[C@@H](n5cnc6c(N)ncnc65)[C@H](O)[C@@H]4O)C3)[nH]c2c1.O.O.O. The largest absolute Gasteiger partial charge is 0.412 e. The quantitative estimate of drug-likeness (QED) is 0.187. The minimum Gasteiger partial charge on any atom is -0.412 e. The smallest absolute Gasteiger partial charge is 0.167 e. The Balaban J connectivity index is 0.00000176. The number of imidazole rings is 2. The molecule has 0 amide bonds. The molecule has 0 bridgehead atoms. The number of aromatic amines is 1. The van der Waals surface area contributed by atoms with Gasteiger partial charge in [-0.1, -0.05) is 26.8 Å². The number of aliphatic hydroxyl groups excluding tert-OH is 2. The number of nitrogens with two attached hydrogens (primary N) is 1. The van der Waals surface area contributed by atoms with E-state index >= 15 is 0 Å². The van der Waals surface area contributed by atoms with Crippen molar-refractivity contribution in [1.29, 1.82) is 0 Å². The van der Waals surface area contributed by atoms with Crippen LogP contribution in [0, 0.1) is 11.8 Å². The first-order valence-corrected chi connectivity index (χ1v) is 14.6. The second-order valence-corrected chi connectivity index (χ2v) is 13.5. The average Bonchev–Trinajstić information content (AvgIpc) is 3.57. The Bertz CT molecular complexity index is 1540. The first kappa shape index (κ1) is 35.2. The number of nitrogen functional groups attached to an aromatic ring is 1. The molecule has 6 rings (SSSR count). The normalized spacial score (nSPS) is 25.2. The molecule has 2 fully saturated rings. The fourth-order valence-corrected chi connectivity index (χ4v) is 6.24. The van der Waals surface area contributed by atoms with E-state index in [1.807, 2.05) is 0 Å². The molecule has 0 spiro atoms. The molecule has 1 aromatic carbocycles. The average molecular weight is 617 g/mol. The van der Waals surface area contributed by atoms with Crippen LogP contribution >= 0.6 is 0 Å². The second kappa shape index (κ2) is 13.0. The molecule has 14 nitrogen and oxygen atoms in total. The van der Waals surface area contributed by atoms with Gasteiger partial charge in [0.25, 0.3) is 0 Å². The molecule has 1 saturated heterocycles. The molecule has 2 aliphatic rings. The highest BCUT2D eigenvalue weighted by atomic mass is 16.6. The lowest BCUT2D eigenvalue weighted by molar-refractivity contribution is -0.0378. The number of aryl methyl sites for hydroxylation is 1. The third-order valence-electron chi connectivity index (χ3n) is 9.20. The number of fused-ring (bicyclic) bond motifs is 2. The van der Waals surface area contributed by atoms with E-state index in [1.165, 1.54) is 18.2 Å². The molecule has 0 unspecified atom stereocenters. The zero-order chi connectivity index (χ0) is 29.1. The van der Waals surface area contributed by atoms with E-state index in [9.17, 15) is 10.2 Å². The zero-order valence-electron chi connectivity index (χ0n) is 26.0. The Morgan fingerprint density at radius 2 is 1.77 bits per heavy atom. The van der Waals surface area contributed by atoms with Gasteiger partial charge in [0.05, 0.1) is 17.4 Å². The minimum absolute atomic E-state index is 0. The number of benzene rings is 1. The van der Waals surface area contributed by atoms with Gasteiger partial charge in [0.15, 0.2) is 17.7 Å². The summed E-state index contributed by atoms with van der Waals surface area (Å²) in [4.78, 5) is 20.8. The lowest BCUT2D eigenvalue weighted by atomic mass is 9.64. The fourth-order valence-electron chi connectivity index (χ4n) is 6.24. The van der Waals surface area contributed by atoms with Crippen molar-refractivity contribution in [3.63, 3.8) is 0 Å². The van der Waals surface area contributed by atoms with Gasteiger partial charge in [-0.3, -0.25) is 4.57 Å². The van der Waals surface area contributed by atoms with Crippen molar-refractivity contribution in [1.82, 2.24) is 34.8 Å². The molecule has 44 heavy (non-hydrogen) atoms. The number of hydrogen-bond donors (Lipinski definition) is 5. The molecule has 1 saturated carbocycles. The zero-order valence-corrected chi connectivity index (χ0v) is 26.0. The van der Waals surface area contributed by atoms with Gasteiger partial charge in [-0.2, -0.15) is 0 Å². The molecule has 0 radical (unpaired) electrons. The lowest BCUT2D eigenvalue weighted by Crippen LogP contribution is -2.54. The number of H-pyrrole nitrogens is 1. The van der Waals surface area contributed by atoms with Crippen molar-refractivity contribution < 1.29 is 31.4 Å². The van der Waals surface area contributed by atoms with Gasteiger partial charge < -0.3 is 47.4 Å². The lowest BCUT2D eigenvalue weighted by Gasteiger charge is -2.46. The van der Waals surface area contributed by atoms with E-state index < -0.39 is 24.5 Å². The molecular formula is C30H48N8O6. The Morgan fingerprint density at radius 3 is 2.48 bits per heavy atom. The van der Waals surface area contributed by atoms with Crippen LogP contribution in [0.1, 0.15) is 71.5 Å². The second-order valence-electron chi connectivity index (χ2n) is 13.5. The van der Waals surface area contributed by atoms with Gasteiger partial charge in [-0.15, -0.1) is 0 Å². The topological polar surface area (TPSA) is 255 Å². The van der Waals surface area contributed by atoms with Crippen molar-refractivity contribution in [2.24, 2.45) is 11.8 Å². The van der Waals surface area contributed by atoms with Crippen LogP contribution < -0.4 is 11.1 Å². The number of anilines is 1. The third-order valence-corrected chi connectivity index (χ3v) is 9.20. The summed E-state index contributed by atoms with van der Waals surface area (Å²) < 4.78 is 7.72. The molecule has 3 aromatic heterocycles. The van der Waals surface area contributed by atoms with Gasteiger partial charge in [0.2, 0.25) is 0 Å². The van der Waals surface area contributed by atoms with Crippen molar-refractivity contribution >= 4 is 28.0 Å². The molecule has 12 N–H and O–H groups in total. The predicted octanol–water partition coefficient (Wildman–Crippen LogP) is 0.755. The summed E-state index contributed by atoms with van der Waals surface area (Å²) in [6.07, 6.45) is 3.67. The number of aromatic nitrogens is 6. The van der Waals surface area contributed by atoms with E-state index in [2.05, 4.69) is 78.1 Å². The standard InChI is InChI=1S/C30H42N8O3.3H2O/c1-29(2,3)17-7-8-19-20(12-17)37-22(36-19)9-6-16-10-18(11-16)30(4,5)35-13-21-24(39)25(40)28(41-21)38-15-34-23-26(31)32-14-33-27(23)38;;;/h7-8,12,14-16,18,21,24-25,28,35,39-40H,6,9-11,13H2,1-5H3,(H,36,37)(H2,31,32,33);3*1H2/t16?,18?,21-,24-,25-,28-;;;/m1.../s1.